The van der Waals surface area contributed by atoms with Gasteiger partial charge in [-0.1, -0.05) is 103 Å². The molecule has 1 saturated heterocycles. The smallest absolute Gasteiger partial charge is 0.298 e. The van der Waals surface area contributed by atoms with Gasteiger partial charge in [0, 0.05) is 30.8 Å². The number of nitrogens with zero attached hydrogens (tertiary/aromatic N) is 1. The van der Waals surface area contributed by atoms with Crippen molar-refractivity contribution in [3.63, 3.8) is 0 Å². The first kappa shape index (κ1) is 38.0. The molecular weight excluding hydrogens is 618 g/mol. The molecule has 1 unspecified atom stereocenters. The van der Waals surface area contributed by atoms with Crippen LogP contribution in [0, 0.1) is 5.92 Å². The van der Waals surface area contributed by atoms with Gasteiger partial charge in [-0.05, 0) is 48.9 Å². The lowest BCUT2D eigenvalue weighted by molar-refractivity contribution is -0.126. The Balaban J connectivity index is 1.34. The van der Waals surface area contributed by atoms with Gasteiger partial charge in [0.05, 0.1) is 5.92 Å². The standard InChI is InChI=1S/C36H53N3O7S/c1-2-3-4-5-6-7-8-9-10-11-12-13-14-15-16-17-24-38-36(42)29-25-34(40)39(27-29)30-20-23-32(33(26-30)47(43,44)45)46-31-21-18-28(19-22-31)35(37)41/h18-23,26,29H,2-17,24-25,27H2,1H3,(H2,37,41)(H,38,42)(H,43,44,45). The molecule has 11 heteroatoms. The van der Waals surface area contributed by atoms with Crippen molar-refractivity contribution in [2.45, 2.75) is 121 Å². The van der Waals surface area contributed by atoms with Gasteiger partial charge >= 0.3 is 0 Å². The number of primary amides is 1. The summed E-state index contributed by atoms with van der Waals surface area (Å²) in [6, 6.07) is 9.71. The van der Waals surface area contributed by atoms with Crippen molar-refractivity contribution in [1.29, 1.82) is 0 Å². The highest BCUT2D eigenvalue weighted by atomic mass is 32.2. The minimum absolute atomic E-state index is 0.0104. The first-order valence-electron chi connectivity index (χ1n) is 17.4. The summed E-state index contributed by atoms with van der Waals surface area (Å²) in [6.45, 7) is 2.91. The van der Waals surface area contributed by atoms with Crippen LogP contribution in [0.5, 0.6) is 11.5 Å². The molecule has 0 bridgehead atoms. The SMILES string of the molecule is CCCCCCCCCCCCCCCCCCNC(=O)C1CC(=O)N(c2ccc(Oc3ccc(C(N)=O)cc3)c(S(=O)(=O)O)c2)C1. The van der Waals surface area contributed by atoms with Crippen LogP contribution in [0.4, 0.5) is 5.69 Å². The maximum absolute atomic E-state index is 12.8. The minimum atomic E-state index is -4.73. The number of nitrogens with two attached hydrogens (primary N) is 1. The van der Waals surface area contributed by atoms with Crippen LogP contribution in [0.1, 0.15) is 126 Å². The zero-order valence-electron chi connectivity index (χ0n) is 27.9. The van der Waals surface area contributed by atoms with E-state index < -0.39 is 26.8 Å². The van der Waals surface area contributed by atoms with E-state index in [0.29, 0.717) is 6.54 Å². The van der Waals surface area contributed by atoms with Crippen LogP contribution in [0.3, 0.4) is 0 Å². The number of carbonyl (C=O) groups excluding carboxylic acids is 3. The monoisotopic (exact) mass is 671 g/mol. The molecule has 260 valence electrons. The average molecular weight is 672 g/mol. The highest BCUT2D eigenvalue weighted by molar-refractivity contribution is 7.86. The molecule has 3 rings (SSSR count). The van der Waals surface area contributed by atoms with Crippen LogP contribution in [0.25, 0.3) is 0 Å². The zero-order valence-corrected chi connectivity index (χ0v) is 28.7. The van der Waals surface area contributed by atoms with Crippen molar-refractivity contribution >= 4 is 33.5 Å². The van der Waals surface area contributed by atoms with Gasteiger partial charge in [0.15, 0.2) is 0 Å². The molecule has 0 aliphatic carbocycles. The van der Waals surface area contributed by atoms with E-state index in [9.17, 15) is 27.4 Å². The number of rotatable bonds is 23. The highest BCUT2D eigenvalue weighted by Gasteiger charge is 2.35. The van der Waals surface area contributed by atoms with Gasteiger partial charge < -0.3 is 20.7 Å². The first-order valence-corrected chi connectivity index (χ1v) is 18.8. The second kappa shape index (κ2) is 20.0. The van der Waals surface area contributed by atoms with Crippen LogP contribution in [-0.4, -0.2) is 43.8 Å². The van der Waals surface area contributed by atoms with Crippen LogP contribution in [-0.2, 0) is 19.7 Å². The first-order chi connectivity index (χ1) is 22.6. The number of hydrogen-bond donors (Lipinski definition) is 3. The normalized spacial score (nSPS) is 14.8. The molecule has 2 aromatic rings. The van der Waals surface area contributed by atoms with Crippen LogP contribution >= 0.6 is 0 Å². The molecule has 1 atom stereocenters. The molecular formula is C36H53N3O7S. The summed E-state index contributed by atoms with van der Waals surface area (Å²) < 4.78 is 39.9. The summed E-state index contributed by atoms with van der Waals surface area (Å²) >= 11 is 0. The Morgan fingerprint density at radius 3 is 1.89 bits per heavy atom. The fourth-order valence-electron chi connectivity index (χ4n) is 5.93. The largest absolute Gasteiger partial charge is 0.456 e. The molecule has 1 heterocycles. The van der Waals surface area contributed by atoms with Gasteiger partial charge in [0.1, 0.15) is 16.4 Å². The number of hydrogen-bond acceptors (Lipinski definition) is 6. The van der Waals surface area contributed by atoms with E-state index in [1.807, 2.05) is 0 Å². The fraction of sp³-hybridized carbons (Fsp3) is 0.583. The second-order valence-corrected chi connectivity index (χ2v) is 14.0. The molecule has 4 N–H and O–H groups in total. The van der Waals surface area contributed by atoms with Crippen molar-refractivity contribution in [2.75, 3.05) is 18.0 Å². The zero-order chi connectivity index (χ0) is 34.1. The van der Waals surface area contributed by atoms with Crippen molar-refractivity contribution < 1.29 is 32.1 Å². The predicted molar refractivity (Wildman–Crippen MR) is 184 cm³/mol. The molecule has 47 heavy (non-hydrogen) atoms. The minimum Gasteiger partial charge on any atom is -0.456 e. The van der Waals surface area contributed by atoms with Crippen molar-refractivity contribution in [3.8, 4) is 11.5 Å². The Bertz CT molecular complexity index is 1400. The molecule has 10 nitrogen and oxygen atoms in total. The van der Waals surface area contributed by atoms with E-state index in [1.165, 1.54) is 125 Å². The Hall–Kier alpha value is -3.44. The number of carbonyl (C=O) groups is 3. The lowest BCUT2D eigenvalue weighted by atomic mass is 10.0. The summed E-state index contributed by atoms with van der Waals surface area (Å²) in [7, 11) is -4.73. The fourth-order valence-corrected chi connectivity index (χ4v) is 6.56. The van der Waals surface area contributed by atoms with Crippen LogP contribution in [0.2, 0.25) is 0 Å². The third-order valence-electron chi connectivity index (χ3n) is 8.71. The van der Waals surface area contributed by atoms with Crippen LogP contribution in [0.15, 0.2) is 47.4 Å². The Kier molecular flexibility index (Phi) is 16.2. The number of nitrogens with one attached hydrogen (secondary N) is 1. The maximum atomic E-state index is 12.8. The van der Waals surface area contributed by atoms with E-state index in [1.54, 1.807) is 0 Å². The number of anilines is 1. The number of benzene rings is 2. The van der Waals surface area contributed by atoms with Gasteiger partial charge in [-0.15, -0.1) is 0 Å². The van der Waals surface area contributed by atoms with E-state index >= 15 is 0 Å². The summed E-state index contributed by atoms with van der Waals surface area (Å²) in [5, 5.41) is 2.95. The third kappa shape index (κ3) is 13.3. The molecule has 0 aromatic heterocycles. The molecule has 1 aliphatic rings. The number of unbranched alkanes of at least 4 members (excludes halogenated alkanes) is 15. The van der Waals surface area contributed by atoms with Gasteiger partial charge in [0.2, 0.25) is 17.7 Å². The highest BCUT2D eigenvalue weighted by Crippen LogP contribution is 2.34. The lowest BCUT2D eigenvalue weighted by Crippen LogP contribution is -2.33. The van der Waals surface area contributed by atoms with E-state index in [-0.39, 0.29) is 47.5 Å². The third-order valence-corrected chi connectivity index (χ3v) is 9.58. The molecule has 1 aliphatic heterocycles. The van der Waals surface area contributed by atoms with Crippen molar-refractivity contribution in [2.24, 2.45) is 11.7 Å². The summed E-state index contributed by atoms with van der Waals surface area (Å²) in [5.41, 5.74) is 5.72. The van der Waals surface area contributed by atoms with Crippen LogP contribution < -0.4 is 20.7 Å². The van der Waals surface area contributed by atoms with Gasteiger partial charge in [-0.2, -0.15) is 8.42 Å². The summed E-state index contributed by atoms with van der Waals surface area (Å²) in [6.07, 6.45) is 20.5. The van der Waals surface area contributed by atoms with Gasteiger partial charge in [-0.25, -0.2) is 0 Å². The predicted octanol–water partition coefficient (Wildman–Crippen LogP) is 7.56. The van der Waals surface area contributed by atoms with Gasteiger partial charge in [0.25, 0.3) is 10.1 Å². The maximum Gasteiger partial charge on any atom is 0.298 e. The van der Waals surface area contributed by atoms with E-state index in [4.69, 9.17) is 10.5 Å². The molecule has 1 fully saturated rings. The summed E-state index contributed by atoms with van der Waals surface area (Å²) in [4.78, 5) is 37.7. The molecule has 3 amide bonds. The number of amides is 3. The molecule has 0 radical (unpaired) electrons. The Morgan fingerprint density at radius 1 is 0.851 bits per heavy atom. The second-order valence-electron chi connectivity index (χ2n) is 12.6. The summed E-state index contributed by atoms with van der Waals surface area (Å²) in [5.74, 6) is -1.64. The van der Waals surface area contributed by atoms with E-state index in [0.717, 1.165) is 25.3 Å². The molecule has 0 spiro atoms. The van der Waals surface area contributed by atoms with Crippen molar-refractivity contribution in [1.82, 2.24) is 5.32 Å². The van der Waals surface area contributed by atoms with Crippen molar-refractivity contribution in [3.05, 3.63) is 48.0 Å². The van der Waals surface area contributed by atoms with E-state index in [2.05, 4.69) is 12.2 Å². The molecule has 0 saturated carbocycles. The quantitative estimate of drug-likeness (QED) is 0.0813. The Morgan fingerprint density at radius 2 is 1.38 bits per heavy atom. The Labute approximate surface area is 280 Å². The number of ether oxygens (including phenoxy) is 1. The molecule has 2 aromatic carbocycles. The average Bonchev–Trinajstić information content (AvgIpc) is 3.44. The topological polar surface area (TPSA) is 156 Å². The van der Waals surface area contributed by atoms with Gasteiger partial charge in [-0.3, -0.25) is 18.9 Å². The lowest BCUT2D eigenvalue weighted by Gasteiger charge is -2.19.